The van der Waals surface area contributed by atoms with Crippen molar-refractivity contribution in [3.05, 3.63) is 23.7 Å². The lowest BCUT2D eigenvalue weighted by molar-refractivity contribution is 0.527. The van der Waals surface area contributed by atoms with Crippen molar-refractivity contribution in [2.24, 2.45) is 4.99 Å². The molecule has 0 fully saturated rings. The average molecular weight is 165 g/mol. The molecule has 0 saturated carbocycles. The van der Waals surface area contributed by atoms with E-state index < -0.39 is 0 Å². The molecule has 0 aliphatic heterocycles. The van der Waals surface area contributed by atoms with Crippen LogP contribution in [0.4, 0.5) is 0 Å². The minimum absolute atomic E-state index is 0.851. The highest BCUT2D eigenvalue weighted by Crippen LogP contribution is 2.03. The number of aryl methyl sites for hydroxylation is 1. The van der Waals surface area contributed by atoms with E-state index in [4.69, 9.17) is 4.42 Å². The highest BCUT2D eigenvalue weighted by atomic mass is 16.3. The van der Waals surface area contributed by atoms with Crippen molar-refractivity contribution in [2.45, 2.75) is 26.7 Å². The quantitative estimate of drug-likeness (QED) is 0.497. The molecule has 0 aliphatic carbocycles. The first-order valence-corrected chi connectivity index (χ1v) is 4.39. The molecule has 0 N–H and O–H groups in total. The van der Waals surface area contributed by atoms with E-state index in [-0.39, 0.29) is 0 Å². The fourth-order valence-electron chi connectivity index (χ4n) is 0.927. The molecule has 12 heavy (non-hydrogen) atoms. The molecule has 0 aliphatic rings. The third-order valence-electron chi connectivity index (χ3n) is 1.62. The van der Waals surface area contributed by atoms with Crippen molar-refractivity contribution < 1.29 is 4.42 Å². The van der Waals surface area contributed by atoms with Gasteiger partial charge in [-0.05, 0) is 25.5 Å². The van der Waals surface area contributed by atoms with Crippen molar-refractivity contribution in [1.82, 2.24) is 0 Å². The van der Waals surface area contributed by atoms with E-state index in [1.807, 2.05) is 19.1 Å². The first kappa shape index (κ1) is 9.04. The number of hydrogen-bond donors (Lipinski definition) is 0. The smallest absolute Gasteiger partial charge is 0.144 e. The number of nitrogens with zero attached hydrogens (tertiary/aromatic N) is 1. The van der Waals surface area contributed by atoms with Gasteiger partial charge in [-0.3, -0.25) is 4.99 Å². The Hall–Kier alpha value is -1.05. The molecule has 1 aromatic heterocycles. The number of rotatable bonds is 4. The largest absolute Gasteiger partial charge is 0.460 e. The van der Waals surface area contributed by atoms with Crippen LogP contribution in [0.3, 0.4) is 0 Å². The van der Waals surface area contributed by atoms with E-state index in [0.717, 1.165) is 24.5 Å². The summed E-state index contributed by atoms with van der Waals surface area (Å²) in [5, 5.41) is 0. The Morgan fingerprint density at radius 3 is 2.92 bits per heavy atom. The first-order chi connectivity index (χ1) is 5.83. The van der Waals surface area contributed by atoms with Crippen LogP contribution in [0.1, 0.15) is 31.3 Å². The fraction of sp³-hybridized carbons (Fsp3) is 0.500. The van der Waals surface area contributed by atoms with Gasteiger partial charge in [0.25, 0.3) is 0 Å². The molecule has 0 bridgehead atoms. The molecule has 0 radical (unpaired) electrons. The monoisotopic (exact) mass is 165 g/mol. The summed E-state index contributed by atoms with van der Waals surface area (Å²) < 4.78 is 5.31. The van der Waals surface area contributed by atoms with Crippen LogP contribution in [0, 0.1) is 6.92 Å². The summed E-state index contributed by atoms with van der Waals surface area (Å²) >= 11 is 0. The summed E-state index contributed by atoms with van der Waals surface area (Å²) in [6.45, 7) is 4.99. The molecule has 0 amide bonds. The molecule has 1 rings (SSSR count). The van der Waals surface area contributed by atoms with Crippen LogP contribution >= 0.6 is 0 Å². The van der Waals surface area contributed by atoms with E-state index in [0.29, 0.717) is 0 Å². The van der Waals surface area contributed by atoms with E-state index in [1.165, 1.54) is 6.42 Å². The standard InChI is InChI=1S/C10H15NO/c1-3-4-7-11-8-10-6-5-9(2)12-10/h5-6,8H,3-4,7H2,1-2H3. The Morgan fingerprint density at radius 1 is 1.50 bits per heavy atom. The van der Waals surface area contributed by atoms with Gasteiger partial charge >= 0.3 is 0 Å². The summed E-state index contributed by atoms with van der Waals surface area (Å²) in [6, 6.07) is 3.88. The number of furan rings is 1. The van der Waals surface area contributed by atoms with Crippen LogP contribution in [-0.4, -0.2) is 12.8 Å². The second-order valence-electron chi connectivity index (χ2n) is 2.84. The van der Waals surface area contributed by atoms with Crippen molar-refractivity contribution in [2.75, 3.05) is 6.54 Å². The van der Waals surface area contributed by atoms with Gasteiger partial charge in [-0.1, -0.05) is 13.3 Å². The van der Waals surface area contributed by atoms with Gasteiger partial charge in [0.1, 0.15) is 11.5 Å². The van der Waals surface area contributed by atoms with Gasteiger partial charge < -0.3 is 4.42 Å². The zero-order valence-corrected chi connectivity index (χ0v) is 7.71. The summed E-state index contributed by atoms with van der Waals surface area (Å²) in [5.74, 6) is 1.79. The van der Waals surface area contributed by atoms with Crippen LogP contribution in [-0.2, 0) is 0 Å². The maximum absolute atomic E-state index is 5.31. The SMILES string of the molecule is CCCCN=Cc1ccc(C)o1. The zero-order valence-electron chi connectivity index (χ0n) is 7.71. The summed E-state index contributed by atoms with van der Waals surface area (Å²) in [6.07, 6.45) is 4.13. The lowest BCUT2D eigenvalue weighted by atomic mass is 10.3. The minimum atomic E-state index is 0.851. The topological polar surface area (TPSA) is 25.5 Å². The lowest BCUT2D eigenvalue weighted by Crippen LogP contribution is -1.81. The van der Waals surface area contributed by atoms with E-state index in [2.05, 4.69) is 11.9 Å². The molecular weight excluding hydrogens is 150 g/mol. The number of aliphatic imine (C=N–C) groups is 1. The molecule has 1 aromatic rings. The van der Waals surface area contributed by atoms with Crippen molar-refractivity contribution in [3.63, 3.8) is 0 Å². The van der Waals surface area contributed by atoms with Gasteiger partial charge in [-0.2, -0.15) is 0 Å². The molecule has 2 heteroatoms. The molecule has 66 valence electrons. The third kappa shape index (κ3) is 2.91. The Bertz CT molecular complexity index is 250. The van der Waals surface area contributed by atoms with Gasteiger partial charge in [0.05, 0.1) is 6.21 Å². The van der Waals surface area contributed by atoms with Gasteiger partial charge in [-0.15, -0.1) is 0 Å². The zero-order chi connectivity index (χ0) is 8.81. The summed E-state index contributed by atoms with van der Waals surface area (Å²) in [5.41, 5.74) is 0. The molecule has 0 aromatic carbocycles. The molecule has 2 nitrogen and oxygen atoms in total. The highest BCUT2D eigenvalue weighted by Gasteiger charge is 1.91. The lowest BCUT2D eigenvalue weighted by Gasteiger charge is -1.88. The Balaban J connectivity index is 2.36. The van der Waals surface area contributed by atoms with Gasteiger partial charge in [-0.25, -0.2) is 0 Å². The molecule has 0 saturated heterocycles. The van der Waals surface area contributed by atoms with Crippen molar-refractivity contribution in [1.29, 1.82) is 0 Å². The van der Waals surface area contributed by atoms with E-state index >= 15 is 0 Å². The first-order valence-electron chi connectivity index (χ1n) is 4.39. The van der Waals surface area contributed by atoms with Crippen molar-refractivity contribution >= 4 is 6.21 Å². The normalized spacial score (nSPS) is 11.2. The maximum atomic E-state index is 5.31. The van der Waals surface area contributed by atoms with Gasteiger partial charge in [0.2, 0.25) is 0 Å². The van der Waals surface area contributed by atoms with E-state index in [9.17, 15) is 0 Å². The molecule has 0 unspecified atom stereocenters. The molecule has 0 spiro atoms. The molecule has 1 heterocycles. The Labute approximate surface area is 73.3 Å². The van der Waals surface area contributed by atoms with Crippen LogP contribution in [0.15, 0.2) is 21.5 Å². The predicted octanol–water partition coefficient (Wildman–Crippen LogP) is 2.81. The molecule has 0 atom stereocenters. The van der Waals surface area contributed by atoms with Crippen molar-refractivity contribution in [3.8, 4) is 0 Å². The molecular formula is C10H15NO. The highest BCUT2D eigenvalue weighted by molar-refractivity contribution is 5.75. The Morgan fingerprint density at radius 2 is 2.33 bits per heavy atom. The number of unbranched alkanes of at least 4 members (excludes halogenated alkanes) is 1. The van der Waals surface area contributed by atoms with Crippen LogP contribution in [0.5, 0.6) is 0 Å². The predicted molar refractivity (Wildman–Crippen MR) is 50.8 cm³/mol. The Kier molecular flexibility index (Phi) is 3.58. The summed E-state index contributed by atoms with van der Waals surface area (Å²) in [7, 11) is 0. The van der Waals surface area contributed by atoms with Crippen LogP contribution in [0.2, 0.25) is 0 Å². The fourth-order valence-corrected chi connectivity index (χ4v) is 0.927. The minimum Gasteiger partial charge on any atom is -0.460 e. The van der Waals surface area contributed by atoms with Gasteiger partial charge in [0, 0.05) is 6.54 Å². The summed E-state index contributed by atoms with van der Waals surface area (Å²) in [4.78, 5) is 4.23. The average Bonchev–Trinajstić information content (AvgIpc) is 2.45. The third-order valence-corrected chi connectivity index (χ3v) is 1.62. The number of hydrogen-bond acceptors (Lipinski definition) is 2. The second kappa shape index (κ2) is 4.75. The van der Waals surface area contributed by atoms with Crippen LogP contribution in [0.25, 0.3) is 0 Å². The van der Waals surface area contributed by atoms with E-state index in [1.54, 1.807) is 6.21 Å². The maximum Gasteiger partial charge on any atom is 0.144 e. The second-order valence-corrected chi connectivity index (χ2v) is 2.84. The van der Waals surface area contributed by atoms with Gasteiger partial charge in [0.15, 0.2) is 0 Å². The van der Waals surface area contributed by atoms with Crippen LogP contribution < -0.4 is 0 Å².